The number of likely N-dealkylation sites (tertiary alicyclic amines) is 1. The van der Waals surface area contributed by atoms with Crippen LogP contribution in [-0.2, 0) is 20.7 Å². The largest absolute Gasteiger partial charge is 0.383 e. The van der Waals surface area contributed by atoms with E-state index in [1.54, 1.807) is 15.9 Å². The Bertz CT molecular complexity index is 747. The third-order valence-electron chi connectivity index (χ3n) is 5.25. The molecule has 7 nitrogen and oxygen atoms in total. The SMILES string of the molecule is COCCN1C(=O)CN(C2CCN(C(=O)Cc3c(F)cccc3Cl)CC2)C1=O. The molecular weight excluding hydrogens is 389 g/mol. The molecule has 0 aliphatic carbocycles. The Morgan fingerprint density at radius 2 is 2.00 bits per heavy atom. The number of hydrogen-bond donors (Lipinski definition) is 0. The van der Waals surface area contributed by atoms with Crippen molar-refractivity contribution in [1.29, 1.82) is 0 Å². The van der Waals surface area contributed by atoms with Crippen LogP contribution >= 0.6 is 11.6 Å². The summed E-state index contributed by atoms with van der Waals surface area (Å²) in [5.41, 5.74) is 0.199. The van der Waals surface area contributed by atoms with E-state index >= 15 is 0 Å². The number of rotatable bonds is 6. The Kier molecular flexibility index (Phi) is 6.51. The van der Waals surface area contributed by atoms with Gasteiger partial charge in [-0.3, -0.25) is 14.5 Å². The van der Waals surface area contributed by atoms with Crippen LogP contribution in [0.5, 0.6) is 0 Å². The lowest BCUT2D eigenvalue weighted by atomic mass is 10.0. The molecule has 0 atom stereocenters. The fraction of sp³-hybridized carbons (Fsp3) is 0.526. The second-order valence-electron chi connectivity index (χ2n) is 6.94. The molecule has 9 heteroatoms. The highest BCUT2D eigenvalue weighted by Gasteiger charge is 2.40. The minimum Gasteiger partial charge on any atom is -0.383 e. The van der Waals surface area contributed by atoms with Crippen molar-refractivity contribution >= 4 is 29.4 Å². The van der Waals surface area contributed by atoms with Crippen molar-refractivity contribution in [2.24, 2.45) is 0 Å². The molecule has 28 heavy (non-hydrogen) atoms. The van der Waals surface area contributed by atoms with Crippen LogP contribution in [0.1, 0.15) is 18.4 Å². The van der Waals surface area contributed by atoms with Crippen molar-refractivity contribution in [3.63, 3.8) is 0 Å². The van der Waals surface area contributed by atoms with Crippen molar-refractivity contribution in [3.05, 3.63) is 34.6 Å². The molecule has 2 saturated heterocycles. The summed E-state index contributed by atoms with van der Waals surface area (Å²) >= 11 is 6.00. The van der Waals surface area contributed by atoms with Gasteiger partial charge >= 0.3 is 6.03 Å². The topological polar surface area (TPSA) is 70.2 Å². The number of urea groups is 1. The maximum absolute atomic E-state index is 13.9. The van der Waals surface area contributed by atoms with E-state index in [2.05, 4.69) is 0 Å². The second kappa shape index (κ2) is 8.87. The summed E-state index contributed by atoms with van der Waals surface area (Å²) in [6.45, 7) is 1.51. The van der Waals surface area contributed by atoms with Crippen molar-refractivity contribution in [3.8, 4) is 0 Å². The van der Waals surface area contributed by atoms with Crippen molar-refractivity contribution in [2.75, 3.05) is 39.9 Å². The fourth-order valence-corrected chi connectivity index (χ4v) is 3.87. The Morgan fingerprint density at radius 1 is 1.29 bits per heavy atom. The van der Waals surface area contributed by atoms with E-state index in [4.69, 9.17) is 16.3 Å². The van der Waals surface area contributed by atoms with Crippen LogP contribution in [0, 0.1) is 5.82 Å². The van der Waals surface area contributed by atoms with Crippen molar-refractivity contribution < 1.29 is 23.5 Å². The highest BCUT2D eigenvalue weighted by molar-refractivity contribution is 6.31. The molecule has 0 saturated carbocycles. The first-order chi connectivity index (χ1) is 13.4. The molecule has 0 radical (unpaired) electrons. The zero-order valence-electron chi connectivity index (χ0n) is 15.7. The molecule has 0 spiro atoms. The molecule has 1 aromatic rings. The molecule has 2 fully saturated rings. The molecule has 0 bridgehead atoms. The summed E-state index contributed by atoms with van der Waals surface area (Å²) in [7, 11) is 1.52. The van der Waals surface area contributed by atoms with Gasteiger partial charge in [-0.2, -0.15) is 0 Å². The normalized spacial score (nSPS) is 18.3. The van der Waals surface area contributed by atoms with Crippen LogP contribution < -0.4 is 0 Å². The molecular formula is C19H23ClFN3O4. The number of ether oxygens (including phenoxy) is 1. The standard InChI is InChI=1S/C19H23ClFN3O4/c1-28-10-9-23-18(26)12-24(19(23)27)13-5-7-22(8-6-13)17(25)11-14-15(20)3-2-4-16(14)21/h2-4,13H,5-12H2,1H3. The number of carbonyl (C=O) groups excluding carboxylic acids is 3. The van der Waals surface area contributed by atoms with Gasteiger partial charge < -0.3 is 14.5 Å². The number of piperidine rings is 1. The van der Waals surface area contributed by atoms with Gasteiger partial charge in [0.15, 0.2) is 0 Å². The monoisotopic (exact) mass is 411 g/mol. The van der Waals surface area contributed by atoms with Crippen LogP contribution in [0.3, 0.4) is 0 Å². The fourth-order valence-electron chi connectivity index (χ4n) is 3.64. The van der Waals surface area contributed by atoms with Gasteiger partial charge in [-0.1, -0.05) is 17.7 Å². The van der Waals surface area contributed by atoms with Gasteiger partial charge in [-0.25, -0.2) is 9.18 Å². The van der Waals surface area contributed by atoms with E-state index < -0.39 is 5.82 Å². The van der Waals surface area contributed by atoms with Crippen molar-refractivity contribution in [1.82, 2.24) is 14.7 Å². The predicted molar refractivity (Wildman–Crippen MR) is 100 cm³/mol. The number of amides is 4. The summed E-state index contributed by atoms with van der Waals surface area (Å²) in [5, 5.41) is 0.237. The van der Waals surface area contributed by atoms with Crippen LogP contribution in [0.2, 0.25) is 5.02 Å². The van der Waals surface area contributed by atoms with Gasteiger partial charge in [0, 0.05) is 36.8 Å². The van der Waals surface area contributed by atoms with Crippen molar-refractivity contribution in [2.45, 2.75) is 25.3 Å². The first kappa shape index (κ1) is 20.5. The average molecular weight is 412 g/mol. The molecule has 2 aliphatic heterocycles. The number of imide groups is 1. The highest BCUT2D eigenvalue weighted by Crippen LogP contribution is 2.24. The minimum atomic E-state index is -0.493. The number of nitrogens with zero attached hydrogens (tertiary/aromatic N) is 3. The average Bonchev–Trinajstić information content (AvgIpc) is 2.97. The van der Waals surface area contributed by atoms with Gasteiger partial charge in [-0.15, -0.1) is 0 Å². The molecule has 2 heterocycles. The molecule has 4 amide bonds. The minimum absolute atomic E-state index is 0.0615. The number of methoxy groups -OCH3 is 1. The zero-order chi connectivity index (χ0) is 20.3. The molecule has 3 rings (SSSR count). The number of carbonyl (C=O) groups is 3. The van der Waals surface area contributed by atoms with E-state index in [1.165, 1.54) is 24.1 Å². The predicted octanol–water partition coefficient (Wildman–Crippen LogP) is 1.92. The molecule has 0 N–H and O–H groups in total. The van der Waals surface area contributed by atoms with Gasteiger partial charge in [0.1, 0.15) is 12.4 Å². The Hall–Kier alpha value is -2.19. The molecule has 0 unspecified atom stereocenters. The highest BCUT2D eigenvalue weighted by atomic mass is 35.5. The maximum atomic E-state index is 13.9. The van der Waals surface area contributed by atoms with E-state index in [-0.39, 0.29) is 54.0 Å². The summed E-state index contributed by atoms with van der Waals surface area (Å²) in [5.74, 6) is -0.918. The lowest BCUT2D eigenvalue weighted by molar-refractivity contribution is -0.132. The van der Waals surface area contributed by atoms with Gasteiger partial charge in [0.25, 0.3) is 0 Å². The van der Waals surface area contributed by atoms with Gasteiger partial charge in [0.2, 0.25) is 11.8 Å². The third kappa shape index (κ3) is 4.28. The van der Waals surface area contributed by atoms with E-state index in [0.717, 1.165) is 0 Å². The van der Waals surface area contributed by atoms with E-state index in [0.29, 0.717) is 32.5 Å². The van der Waals surface area contributed by atoms with Gasteiger partial charge in [0.05, 0.1) is 19.6 Å². The second-order valence-corrected chi connectivity index (χ2v) is 7.34. The molecule has 152 valence electrons. The zero-order valence-corrected chi connectivity index (χ0v) is 16.5. The summed E-state index contributed by atoms with van der Waals surface area (Å²) < 4.78 is 18.8. The lowest BCUT2D eigenvalue weighted by Gasteiger charge is -2.36. The Balaban J connectivity index is 1.55. The Morgan fingerprint density at radius 3 is 2.64 bits per heavy atom. The summed E-state index contributed by atoms with van der Waals surface area (Å²) in [4.78, 5) is 41.5. The molecule has 1 aromatic carbocycles. The van der Waals surface area contributed by atoms with Crippen LogP contribution in [0.15, 0.2) is 18.2 Å². The van der Waals surface area contributed by atoms with Crippen LogP contribution in [0.25, 0.3) is 0 Å². The summed E-state index contributed by atoms with van der Waals surface area (Å²) in [6, 6.07) is 3.95. The lowest BCUT2D eigenvalue weighted by Crippen LogP contribution is -2.48. The first-order valence-corrected chi connectivity index (χ1v) is 9.60. The van der Waals surface area contributed by atoms with Crippen LogP contribution in [0.4, 0.5) is 9.18 Å². The van der Waals surface area contributed by atoms with Gasteiger partial charge in [-0.05, 0) is 25.0 Å². The molecule has 2 aliphatic rings. The number of hydrogen-bond acceptors (Lipinski definition) is 4. The van der Waals surface area contributed by atoms with E-state index in [1.807, 2.05) is 0 Å². The van der Waals surface area contributed by atoms with E-state index in [9.17, 15) is 18.8 Å². The number of benzene rings is 1. The Labute approximate surface area is 168 Å². The number of halogens is 2. The first-order valence-electron chi connectivity index (χ1n) is 9.23. The molecule has 0 aromatic heterocycles. The summed E-state index contributed by atoms with van der Waals surface area (Å²) in [6.07, 6.45) is 1.06. The quantitative estimate of drug-likeness (QED) is 0.671. The maximum Gasteiger partial charge on any atom is 0.327 e. The smallest absolute Gasteiger partial charge is 0.327 e. The third-order valence-corrected chi connectivity index (χ3v) is 5.60. The van der Waals surface area contributed by atoms with Crippen LogP contribution in [-0.4, -0.2) is 78.5 Å².